The van der Waals surface area contributed by atoms with Gasteiger partial charge in [0.1, 0.15) is 28.7 Å². The third-order valence-corrected chi connectivity index (χ3v) is 10.1. The van der Waals surface area contributed by atoms with Crippen LogP contribution in [0.3, 0.4) is 0 Å². The van der Waals surface area contributed by atoms with Crippen molar-refractivity contribution < 1.29 is 42.2 Å². The van der Waals surface area contributed by atoms with Crippen LogP contribution in [0.15, 0.2) is 0 Å². The van der Waals surface area contributed by atoms with E-state index >= 15 is 0 Å². The van der Waals surface area contributed by atoms with E-state index in [0.717, 1.165) is 37.2 Å². The number of carbonyl (C=O) groups excluding carboxylic acids is 3. The quantitative estimate of drug-likeness (QED) is 0.103. The molecule has 3 heterocycles. The van der Waals surface area contributed by atoms with Crippen molar-refractivity contribution in [3.63, 3.8) is 0 Å². The topological polar surface area (TPSA) is 305 Å². The van der Waals surface area contributed by atoms with Gasteiger partial charge in [-0.15, -0.1) is 25.5 Å². The Hall–Kier alpha value is -3.66. The van der Waals surface area contributed by atoms with Crippen LogP contribution in [0.1, 0.15) is 197 Å². The zero-order valence-electron chi connectivity index (χ0n) is 49.5. The Morgan fingerprint density at radius 2 is 1.07 bits per heavy atom. The minimum atomic E-state index is -3.79. The van der Waals surface area contributed by atoms with Crippen LogP contribution in [0.5, 0.6) is 0 Å². The first-order valence-corrected chi connectivity index (χ1v) is 28.1. The van der Waals surface area contributed by atoms with E-state index in [2.05, 4.69) is 155 Å². The molecule has 0 aliphatic rings. The molecule has 0 atom stereocenters. The predicted octanol–water partition coefficient (Wildman–Crippen LogP) is 9.07. The lowest BCUT2D eigenvalue weighted by atomic mass is 9.60. The second-order valence-corrected chi connectivity index (χ2v) is 30.8. The molecule has 21 nitrogen and oxygen atoms in total. The van der Waals surface area contributed by atoms with Crippen molar-refractivity contribution in [1.29, 1.82) is 0 Å². The van der Waals surface area contributed by atoms with Crippen LogP contribution in [0.25, 0.3) is 0 Å². The molecule has 0 radical (unpaired) electrons. The van der Waals surface area contributed by atoms with Crippen molar-refractivity contribution in [2.75, 3.05) is 18.2 Å². The van der Waals surface area contributed by atoms with Crippen LogP contribution in [0.4, 0.5) is 0 Å². The summed E-state index contributed by atoms with van der Waals surface area (Å²) >= 11 is 0. The number of hydrogen-bond acceptors (Lipinski definition) is 16. The van der Waals surface area contributed by atoms with E-state index in [1.165, 1.54) is 24.9 Å². The monoisotopic (exact) mass is 1080 g/mol. The fourth-order valence-electron chi connectivity index (χ4n) is 6.01. The van der Waals surface area contributed by atoms with Gasteiger partial charge >= 0.3 is 7.60 Å². The van der Waals surface area contributed by atoms with Gasteiger partial charge in [-0.1, -0.05) is 165 Å². The first-order chi connectivity index (χ1) is 31.6. The second kappa shape index (κ2) is 33.4. The van der Waals surface area contributed by atoms with Gasteiger partial charge in [0.15, 0.2) is 29.0 Å². The Morgan fingerprint density at radius 1 is 0.616 bits per heavy atom. The molecule has 0 unspecified atom stereocenters. The van der Waals surface area contributed by atoms with Crippen LogP contribution in [-0.2, 0) is 61.1 Å². The summed E-state index contributed by atoms with van der Waals surface area (Å²) in [7, 11) is -6.57. The van der Waals surface area contributed by atoms with E-state index < -0.39 is 17.4 Å². The number of sulfone groups is 1. The third kappa shape index (κ3) is 66.3. The molecule has 4 N–H and O–H groups in total. The fourth-order valence-corrected chi connectivity index (χ4v) is 8.82. The first-order valence-electron chi connectivity index (χ1n) is 24.2. The van der Waals surface area contributed by atoms with Gasteiger partial charge in [0, 0.05) is 31.9 Å². The van der Waals surface area contributed by atoms with Gasteiger partial charge in [0.05, 0.1) is 11.9 Å². The largest absolute Gasteiger partial charge is 0.451 e. The highest BCUT2D eigenvalue weighted by molar-refractivity contribution is 7.90. The average molecular weight is 1080 g/mol. The zero-order valence-corrected chi connectivity index (χ0v) is 51.2. The van der Waals surface area contributed by atoms with Gasteiger partial charge in [0.2, 0.25) is 0 Å². The standard InChI is InChI=1S/2C9H16N4O.C7H14O.C6H15BO.C6H12N4.C6H14O2S.C5H13O3P.CH4/c1-7(14)6-13-8(10-11-12-13)5-9(2,3)4;1-7(14)6-13-11-8(10-12-13)5-9(2,3)4;1-6(8)5-7(2,3)4;1-6(2,3)5-7(4)8;1-6(2,3)4-5-7-9-10-8-5;1-6(2,3)5-9(4,7)8;1-5(2,3)4-9(6,7)8;/h2*5-6H2,1-4H3;5H2,1-4H3;8H,5H2,1-4H3;4H2,1-3H3,(H,7,8,9,10);5H2,1-4H3;4H2,1-3H3,(H2,6,7,8);1H4. The molecule has 0 saturated heterocycles. The highest BCUT2D eigenvalue weighted by Crippen LogP contribution is 2.41. The summed E-state index contributed by atoms with van der Waals surface area (Å²) in [4.78, 5) is 50.4. The average Bonchev–Trinajstić information content (AvgIpc) is 3.78. The zero-order chi connectivity index (χ0) is 58.1. The number of ketones is 3. The van der Waals surface area contributed by atoms with Crippen LogP contribution in [0.2, 0.25) is 13.1 Å². The van der Waals surface area contributed by atoms with Gasteiger partial charge in [-0.3, -0.25) is 14.2 Å². The summed E-state index contributed by atoms with van der Waals surface area (Å²) in [6.45, 7) is 49.6. The number of H-pyrrole nitrogens is 1. The maximum absolute atomic E-state index is 10.9. The Kier molecular flexibility index (Phi) is 35.8. The first kappa shape index (κ1) is 78.2. The predicted molar refractivity (Wildman–Crippen MR) is 296 cm³/mol. The minimum absolute atomic E-state index is 0. The molecule has 73 heavy (non-hydrogen) atoms. The molecule has 0 saturated carbocycles. The summed E-state index contributed by atoms with van der Waals surface area (Å²) < 4.78 is 33.2. The van der Waals surface area contributed by atoms with Crippen LogP contribution in [-0.4, -0.2) is 127 Å². The molecular weight excluding hydrogens is 974 g/mol. The SMILES string of the molecule is C.CB(O)CC(C)(C)C.CC(=O)CC(C)(C)C.CC(=O)Cn1nnc(CC(C)(C)C)n1.CC(=O)Cn1nnnc1CC(C)(C)C.CC(C)(C)CP(=O)(O)O.CC(C)(C)CS(C)(=O)=O.CC(C)(C)Cc1nn[nH]n1. The molecule has 428 valence electrons. The molecule has 0 aromatic carbocycles. The molecule has 0 fully saturated rings. The van der Waals surface area contributed by atoms with Crippen molar-refractivity contribution >= 4 is 41.7 Å². The molecule has 3 rings (SSSR count). The summed E-state index contributed by atoms with van der Waals surface area (Å²) in [6.07, 6.45) is 5.19. The lowest BCUT2D eigenvalue weighted by Gasteiger charge is -2.17. The van der Waals surface area contributed by atoms with Crippen molar-refractivity contribution in [3.8, 4) is 0 Å². The van der Waals surface area contributed by atoms with E-state index in [1.54, 1.807) is 32.4 Å². The number of rotatable bonds is 11. The Balaban J connectivity index is -0.000000249. The number of tetrazole rings is 3. The van der Waals surface area contributed by atoms with E-state index in [0.29, 0.717) is 12.2 Å². The number of aromatic amines is 1. The van der Waals surface area contributed by atoms with Crippen LogP contribution >= 0.6 is 7.60 Å². The lowest BCUT2D eigenvalue weighted by molar-refractivity contribution is -0.119. The maximum atomic E-state index is 10.9. The summed E-state index contributed by atoms with van der Waals surface area (Å²) in [6, 6.07) is 0. The Labute approximate surface area is 442 Å². The number of carbonyl (C=O) groups is 3. The summed E-state index contributed by atoms with van der Waals surface area (Å²) in [5.41, 5.74) is 0.573. The van der Waals surface area contributed by atoms with Gasteiger partial charge in [-0.25, -0.2) is 13.1 Å². The molecule has 0 amide bonds. The number of aromatic nitrogens is 12. The molecular formula is C49H104BN12O9PS. The molecule has 0 spiro atoms. The van der Waals surface area contributed by atoms with Gasteiger partial charge in [-0.2, -0.15) is 10.0 Å². The maximum Gasteiger partial charge on any atom is 0.326 e. The Morgan fingerprint density at radius 3 is 1.32 bits per heavy atom. The van der Waals surface area contributed by atoms with E-state index in [-0.39, 0.29) is 94.6 Å². The van der Waals surface area contributed by atoms with E-state index in [1.807, 2.05) is 27.6 Å². The van der Waals surface area contributed by atoms with Crippen LogP contribution < -0.4 is 0 Å². The highest BCUT2D eigenvalue weighted by Gasteiger charge is 2.24. The minimum Gasteiger partial charge on any atom is -0.451 e. The lowest BCUT2D eigenvalue weighted by Crippen LogP contribution is -2.19. The van der Waals surface area contributed by atoms with E-state index in [9.17, 15) is 27.4 Å². The second-order valence-electron chi connectivity index (χ2n) is 27.0. The van der Waals surface area contributed by atoms with Gasteiger partial charge < -0.3 is 19.6 Å². The van der Waals surface area contributed by atoms with Gasteiger partial charge in [-0.05, 0) is 80.6 Å². The molecule has 3 aromatic rings. The molecule has 24 heteroatoms. The Bertz CT molecular complexity index is 2130. The van der Waals surface area contributed by atoms with E-state index in [4.69, 9.17) is 14.8 Å². The normalized spacial score (nSPS) is 12.1. The van der Waals surface area contributed by atoms with Crippen molar-refractivity contribution in [1.82, 2.24) is 61.0 Å². The molecule has 0 bridgehead atoms. The number of nitrogens with zero attached hydrogens (tertiary/aromatic N) is 11. The molecule has 0 aliphatic carbocycles. The number of Topliss-reactive ketones (excluding diaryl/α,β-unsaturated/α-hetero) is 3. The molecule has 0 aliphatic heterocycles. The van der Waals surface area contributed by atoms with Crippen molar-refractivity contribution in [3.05, 3.63) is 17.5 Å². The summed E-state index contributed by atoms with van der Waals surface area (Å²) in [5.74, 6) is 2.88. The number of nitrogens with one attached hydrogen (secondary N) is 1. The van der Waals surface area contributed by atoms with Gasteiger partial charge in [0.25, 0.3) is 6.92 Å². The fraction of sp³-hybridized carbons (Fsp3) is 0.878. The third-order valence-electron chi connectivity index (χ3n) is 7.35. The molecule has 3 aromatic heterocycles. The highest BCUT2D eigenvalue weighted by atomic mass is 32.2. The number of hydrogen-bond donors (Lipinski definition) is 4. The van der Waals surface area contributed by atoms with Crippen molar-refractivity contribution in [2.24, 2.45) is 37.9 Å². The smallest absolute Gasteiger partial charge is 0.326 e. The van der Waals surface area contributed by atoms with Crippen molar-refractivity contribution in [2.45, 2.75) is 226 Å². The van der Waals surface area contributed by atoms with Crippen LogP contribution in [0, 0.1) is 37.9 Å². The summed E-state index contributed by atoms with van der Waals surface area (Å²) in [5, 5.41) is 45.5.